The first-order valence-corrected chi connectivity index (χ1v) is 13.2. The van der Waals surface area contributed by atoms with E-state index in [0.717, 1.165) is 24.3 Å². The number of benzene rings is 2. The van der Waals surface area contributed by atoms with Gasteiger partial charge in [-0.15, -0.1) is 0 Å². The highest BCUT2D eigenvalue weighted by molar-refractivity contribution is 5.39. The van der Waals surface area contributed by atoms with Gasteiger partial charge >= 0.3 is 0 Å². The molecule has 2 aliphatic carbocycles. The molecule has 31 heavy (non-hydrogen) atoms. The van der Waals surface area contributed by atoms with E-state index in [1.807, 2.05) is 0 Å². The van der Waals surface area contributed by atoms with Gasteiger partial charge in [0.05, 0.1) is 0 Å². The Morgan fingerprint density at radius 3 is 1.48 bits per heavy atom. The molecule has 0 amide bonds. The molecule has 0 radical (unpaired) electrons. The molecule has 2 aromatic carbocycles. The molecule has 2 saturated carbocycles. The standard InChI is InChI=1S/C30H41N/c1-22-20-29(31-21-22)30(27-16-12-25(13-17-27)23-8-4-2-5-9-23)28-18-14-26(15-19-28)24-10-6-3-7-11-24/h12-19,22-24,29-31H,2-11,20-21H2,1H3. The van der Waals surface area contributed by atoms with Crippen LogP contribution in [0.2, 0.25) is 0 Å². The lowest BCUT2D eigenvalue weighted by Crippen LogP contribution is -2.29. The first kappa shape index (κ1) is 21.3. The van der Waals surface area contributed by atoms with Crippen LogP contribution in [0.5, 0.6) is 0 Å². The second kappa shape index (κ2) is 9.90. The van der Waals surface area contributed by atoms with Gasteiger partial charge < -0.3 is 5.32 Å². The van der Waals surface area contributed by atoms with Crippen LogP contribution in [0, 0.1) is 5.92 Å². The van der Waals surface area contributed by atoms with Crippen LogP contribution < -0.4 is 5.32 Å². The summed E-state index contributed by atoms with van der Waals surface area (Å²) in [5.74, 6) is 2.82. The molecular formula is C30H41N. The van der Waals surface area contributed by atoms with Gasteiger partial charge in [0.25, 0.3) is 0 Å². The molecule has 1 aliphatic heterocycles. The molecule has 1 N–H and O–H groups in total. The van der Waals surface area contributed by atoms with Crippen molar-refractivity contribution in [3.63, 3.8) is 0 Å². The van der Waals surface area contributed by atoms with Gasteiger partial charge in [0.2, 0.25) is 0 Å². The van der Waals surface area contributed by atoms with E-state index < -0.39 is 0 Å². The minimum atomic E-state index is 0.464. The molecule has 2 unspecified atom stereocenters. The highest BCUT2D eigenvalue weighted by Crippen LogP contribution is 2.38. The maximum Gasteiger partial charge on any atom is 0.0243 e. The molecule has 1 nitrogen and oxygen atoms in total. The second-order valence-electron chi connectivity index (χ2n) is 10.8. The summed E-state index contributed by atoms with van der Waals surface area (Å²) in [4.78, 5) is 0. The number of hydrogen-bond acceptors (Lipinski definition) is 1. The Bertz CT molecular complexity index is 747. The van der Waals surface area contributed by atoms with Crippen molar-refractivity contribution in [1.29, 1.82) is 0 Å². The fourth-order valence-electron chi connectivity index (χ4n) is 6.69. The summed E-state index contributed by atoms with van der Waals surface area (Å²) in [6, 6.07) is 20.2. The highest BCUT2D eigenvalue weighted by atomic mass is 15.0. The fourth-order valence-corrected chi connectivity index (χ4v) is 6.69. The summed E-state index contributed by atoms with van der Waals surface area (Å²) in [6.45, 7) is 3.55. The van der Waals surface area contributed by atoms with Gasteiger partial charge in [-0.2, -0.15) is 0 Å². The van der Waals surface area contributed by atoms with Gasteiger partial charge in [0.1, 0.15) is 0 Å². The van der Waals surface area contributed by atoms with Crippen LogP contribution in [0.3, 0.4) is 0 Å². The zero-order chi connectivity index (χ0) is 21.0. The average molecular weight is 416 g/mol. The monoisotopic (exact) mass is 415 g/mol. The van der Waals surface area contributed by atoms with Crippen molar-refractivity contribution in [1.82, 2.24) is 5.32 Å². The molecule has 2 aromatic rings. The van der Waals surface area contributed by atoms with Crippen LogP contribution in [0.25, 0.3) is 0 Å². The molecule has 0 bridgehead atoms. The van der Waals surface area contributed by atoms with Gasteiger partial charge in [-0.1, -0.05) is 94.0 Å². The van der Waals surface area contributed by atoms with Crippen molar-refractivity contribution in [2.45, 2.75) is 101 Å². The van der Waals surface area contributed by atoms with Crippen LogP contribution in [0.1, 0.15) is 118 Å². The van der Waals surface area contributed by atoms with E-state index in [9.17, 15) is 0 Å². The molecule has 3 aliphatic rings. The lowest BCUT2D eigenvalue weighted by Gasteiger charge is -2.27. The Morgan fingerprint density at radius 1 is 0.645 bits per heavy atom. The van der Waals surface area contributed by atoms with E-state index in [1.165, 1.54) is 81.8 Å². The van der Waals surface area contributed by atoms with Crippen molar-refractivity contribution in [3.05, 3.63) is 70.8 Å². The predicted molar refractivity (Wildman–Crippen MR) is 132 cm³/mol. The van der Waals surface area contributed by atoms with Gasteiger partial charge in [0.15, 0.2) is 0 Å². The molecule has 5 rings (SSSR count). The Balaban J connectivity index is 1.39. The lowest BCUT2D eigenvalue weighted by molar-refractivity contribution is 0.443. The number of rotatable bonds is 5. The van der Waals surface area contributed by atoms with Gasteiger partial charge in [-0.05, 0) is 78.7 Å². The molecule has 3 fully saturated rings. The molecule has 166 valence electrons. The Kier molecular flexibility index (Phi) is 6.79. The van der Waals surface area contributed by atoms with Crippen LogP contribution in [-0.4, -0.2) is 12.6 Å². The van der Waals surface area contributed by atoms with Crippen LogP contribution in [0.15, 0.2) is 48.5 Å². The summed E-state index contributed by atoms with van der Waals surface area (Å²) in [6.07, 6.45) is 15.3. The molecule has 1 saturated heterocycles. The van der Waals surface area contributed by atoms with E-state index in [2.05, 4.69) is 60.8 Å². The zero-order valence-corrected chi connectivity index (χ0v) is 19.5. The third kappa shape index (κ3) is 4.92. The third-order valence-corrected chi connectivity index (χ3v) is 8.53. The topological polar surface area (TPSA) is 12.0 Å². The molecule has 1 heterocycles. The molecular weight excluding hydrogens is 374 g/mol. The van der Waals surface area contributed by atoms with Crippen molar-refractivity contribution in [3.8, 4) is 0 Å². The summed E-state index contributed by atoms with van der Waals surface area (Å²) in [5.41, 5.74) is 6.14. The van der Waals surface area contributed by atoms with E-state index >= 15 is 0 Å². The van der Waals surface area contributed by atoms with Crippen molar-refractivity contribution in [2.75, 3.05) is 6.54 Å². The molecule has 0 aromatic heterocycles. The predicted octanol–water partition coefficient (Wildman–Crippen LogP) is 7.91. The van der Waals surface area contributed by atoms with Crippen LogP contribution in [0.4, 0.5) is 0 Å². The Hall–Kier alpha value is -1.60. The normalized spacial score (nSPS) is 25.9. The highest BCUT2D eigenvalue weighted by Gasteiger charge is 2.31. The Labute approximate surface area is 190 Å². The Morgan fingerprint density at radius 2 is 1.10 bits per heavy atom. The number of nitrogens with one attached hydrogen (secondary N) is 1. The van der Waals surface area contributed by atoms with Gasteiger partial charge in [-0.3, -0.25) is 0 Å². The first-order chi connectivity index (χ1) is 15.3. The van der Waals surface area contributed by atoms with E-state index in [4.69, 9.17) is 0 Å². The summed E-state index contributed by atoms with van der Waals surface area (Å²) < 4.78 is 0. The molecule has 1 heteroatoms. The van der Waals surface area contributed by atoms with E-state index in [-0.39, 0.29) is 0 Å². The quantitative estimate of drug-likeness (QED) is 0.523. The SMILES string of the molecule is CC1CNC(C(c2ccc(C3CCCCC3)cc2)c2ccc(C3CCCCC3)cc2)C1. The minimum absolute atomic E-state index is 0.464. The van der Waals surface area contributed by atoms with Gasteiger partial charge in [-0.25, -0.2) is 0 Å². The van der Waals surface area contributed by atoms with Crippen molar-refractivity contribution < 1.29 is 0 Å². The maximum absolute atomic E-state index is 3.86. The molecule has 0 spiro atoms. The van der Waals surface area contributed by atoms with Crippen molar-refractivity contribution >= 4 is 0 Å². The van der Waals surface area contributed by atoms with E-state index in [1.54, 1.807) is 11.1 Å². The number of hydrogen-bond donors (Lipinski definition) is 1. The fraction of sp³-hybridized carbons (Fsp3) is 0.600. The summed E-state index contributed by atoms with van der Waals surface area (Å²) in [7, 11) is 0. The van der Waals surface area contributed by atoms with Crippen LogP contribution >= 0.6 is 0 Å². The molecule has 2 atom stereocenters. The lowest BCUT2D eigenvalue weighted by atomic mass is 9.79. The first-order valence-electron chi connectivity index (χ1n) is 13.2. The summed E-state index contributed by atoms with van der Waals surface area (Å²) in [5, 5.41) is 3.86. The summed E-state index contributed by atoms with van der Waals surface area (Å²) >= 11 is 0. The van der Waals surface area contributed by atoms with Gasteiger partial charge in [0, 0.05) is 12.0 Å². The van der Waals surface area contributed by atoms with Crippen molar-refractivity contribution in [2.24, 2.45) is 5.92 Å². The zero-order valence-electron chi connectivity index (χ0n) is 19.5. The smallest absolute Gasteiger partial charge is 0.0243 e. The maximum atomic E-state index is 3.86. The third-order valence-electron chi connectivity index (χ3n) is 8.53. The minimum Gasteiger partial charge on any atom is -0.313 e. The van der Waals surface area contributed by atoms with Crippen LogP contribution in [-0.2, 0) is 0 Å². The van der Waals surface area contributed by atoms with E-state index in [0.29, 0.717) is 12.0 Å². The largest absolute Gasteiger partial charge is 0.313 e. The second-order valence-corrected chi connectivity index (χ2v) is 10.8. The average Bonchev–Trinajstić information content (AvgIpc) is 3.27.